The highest BCUT2D eigenvalue weighted by Gasteiger charge is 2.14. The van der Waals surface area contributed by atoms with E-state index in [1.807, 2.05) is 0 Å². The summed E-state index contributed by atoms with van der Waals surface area (Å²) < 4.78 is 6.15. The molecule has 2 rings (SSSR count). The number of aromatic carboxylic acids is 1. The third-order valence-corrected chi connectivity index (χ3v) is 1.81. The summed E-state index contributed by atoms with van der Waals surface area (Å²) in [4.78, 5) is 23.7. The van der Waals surface area contributed by atoms with Crippen molar-refractivity contribution in [3.8, 4) is 5.88 Å². The van der Waals surface area contributed by atoms with Gasteiger partial charge in [-0.1, -0.05) is 0 Å². The maximum atomic E-state index is 10.5. The zero-order chi connectivity index (χ0) is 11.7. The lowest BCUT2D eigenvalue weighted by atomic mass is 10.5. The third-order valence-electron chi connectivity index (χ3n) is 1.81. The van der Waals surface area contributed by atoms with Gasteiger partial charge >= 0.3 is 11.8 Å². The van der Waals surface area contributed by atoms with Crippen molar-refractivity contribution >= 4 is 11.8 Å². The van der Waals surface area contributed by atoms with Crippen LogP contribution in [0.3, 0.4) is 0 Å². The normalized spacial score (nSPS) is 10.2. The molecule has 0 spiro atoms. The number of furan rings is 1. The lowest BCUT2D eigenvalue weighted by Crippen LogP contribution is -1.92. The highest BCUT2D eigenvalue weighted by atomic mass is 16.6. The van der Waals surface area contributed by atoms with Crippen LogP contribution >= 0.6 is 0 Å². The van der Waals surface area contributed by atoms with Gasteiger partial charge in [0.2, 0.25) is 18.0 Å². The SMILES string of the molecule is O=C(O)c1ccc(-n2cnc([N+](=O)[O-])c2)o1. The second-order valence-electron chi connectivity index (χ2n) is 2.84. The summed E-state index contributed by atoms with van der Waals surface area (Å²) in [7, 11) is 0. The number of carbonyl (C=O) groups is 1. The van der Waals surface area contributed by atoms with Crippen LogP contribution < -0.4 is 0 Å². The predicted octanol–water partition coefficient (Wildman–Crippen LogP) is 1.07. The molecule has 0 atom stereocenters. The number of aromatic nitrogens is 2. The number of nitro groups is 1. The number of hydrogen-bond acceptors (Lipinski definition) is 5. The summed E-state index contributed by atoms with van der Waals surface area (Å²) in [6.07, 6.45) is 2.30. The highest BCUT2D eigenvalue weighted by molar-refractivity contribution is 5.84. The maximum Gasteiger partial charge on any atom is 0.382 e. The Kier molecular flexibility index (Phi) is 2.16. The van der Waals surface area contributed by atoms with E-state index in [0.717, 1.165) is 6.20 Å². The van der Waals surface area contributed by atoms with Crippen molar-refractivity contribution in [1.29, 1.82) is 0 Å². The van der Waals surface area contributed by atoms with Crippen LogP contribution in [-0.2, 0) is 0 Å². The molecule has 0 aliphatic carbocycles. The minimum atomic E-state index is -1.21. The molecule has 2 heterocycles. The summed E-state index contributed by atoms with van der Waals surface area (Å²) >= 11 is 0. The van der Waals surface area contributed by atoms with Gasteiger partial charge in [-0.3, -0.25) is 0 Å². The second-order valence-corrected chi connectivity index (χ2v) is 2.84. The van der Waals surface area contributed by atoms with Gasteiger partial charge in [-0.05, 0) is 16.0 Å². The first-order valence-corrected chi connectivity index (χ1v) is 4.10. The topological polar surface area (TPSA) is 111 Å². The minimum absolute atomic E-state index is 0.151. The molecule has 0 aliphatic heterocycles. The summed E-state index contributed by atoms with van der Waals surface area (Å²) in [5.74, 6) is -1.64. The van der Waals surface area contributed by atoms with E-state index < -0.39 is 10.9 Å². The molecule has 0 bridgehead atoms. The number of nitrogens with zero attached hydrogens (tertiary/aromatic N) is 3. The first-order valence-electron chi connectivity index (χ1n) is 4.10. The van der Waals surface area contributed by atoms with E-state index in [0.29, 0.717) is 0 Å². The third kappa shape index (κ3) is 1.63. The molecule has 0 saturated heterocycles. The Labute approximate surface area is 87.9 Å². The number of hydrogen-bond donors (Lipinski definition) is 1. The molecule has 0 amide bonds. The summed E-state index contributed by atoms with van der Waals surface area (Å²) in [5, 5.41) is 19.0. The van der Waals surface area contributed by atoms with Crippen LogP contribution in [0, 0.1) is 10.1 Å². The summed E-state index contributed by atoms with van der Waals surface area (Å²) in [5.41, 5.74) is 0. The van der Waals surface area contributed by atoms with Gasteiger partial charge < -0.3 is 19.6 Å². The number of imidazole rings is 1. The molecule has 1 N–H and O–H groups in total. The molecule has 0 fully saturated rings. The number of carboxylic acids is 1. The minimum Gasteiger partial charge on any atom is -0.475 e. The molecular formula is C8H5N3O5. The van der Waals surface area contributed by atoms with E-state index in [1.165, 1.54) is 23.0 Å². The van der Waals surface area contributed by atoms with Gasteiger partial charge in [-0.25, -0.2) is 9.36 Å². The highest BCUT2D eigenvalue weighted by Crippen LogP contribution is 2.15. The fraction of sp³-hybridized carbons (Fsp3) is 0. The van der Waals surface area contributed by atoms with E-state index in [9.17, 15) is 14.9 Å². The zero-order valence-corrected chi connectivity index (χ0v) is 7.73. The van der Waals surface area contributed by atoms with E-state index in [-0.39, 0.29) is 17.5 Å². The van der Waals surface area contributed by atoms with Crippen LogP contribution in [0.2, 0.25) is 0 Å². The van der Waals surface area contributed by atoms with Crippen molar-refractivity contribution in [2.75, 3.05) is 0 Å². The average Bonchev–Trinajstić information content (AvgIpc) is 2.86. The van der Waals surface area contributed by atoms with Crippen LogP contribution in [0.25, 0.3) is 5.88 Å². The molecule has 0 aliphatic rings. The lowest BCUT2D eigenvalue weighted by molar-refractivity contribution is -0.389. The van der Waals surface area contributed by atoms with Crippen LogP contribution in [0.15, 0.2) is 29.1 Å². The van der Waals surface area contributed by atoms with E-state index in [1.54, 1.807) is 0 Å². The predicted molar refractivity (Wildman–Crippen MR) is 49.4 cm³/mol. The molecule has 82 valence electrons. The number of rotatable bonds is 3. The van der Waals surface area contributed by atoms with Crippen LogP contribution in [-0.4, -0.2) is 25.6 Å². The molecule has 0 radical (unpaired) electrons. The van der Waals surface area contributed by atoms with Gasteiger partial charge in [0, 0.05) is 6.07 Å². The van der Waals surface area contributed by atoms with Crippen molar-refractivity contribution in [3.05, 3.63) is 40.5 Å². The maximum absolute atomic E-state index is 10.5. The Morgan fingerprint density at radius 2 is 2.31 bits per heavy atom. The fourth-order valence-corrected chi connectivity index (χ4v) is 1.11. The second kappa shape index (κ2) is 3.50. The van der Waals surface area contributed by atoms with E-state index in [2.05, 4.69) is 4.98 Å². The standard InChI is InChI=1S/C8H5N3O5/c12-8(13)5-1-2-7(16-5)10-3-6(9-4-10)11(14)15/h1-4H,(H,12,13). The molecule has 0 unspecified atom stereocenters. The molecule has 16 heavy (non-hydrogen) atoms. The molecule has 8 nitrogen and oxygen atoms in total. The molecular weight excluding hydrogens is 218 g/mol. The van der Waals surface area contributed by atoms with Crippen molar-refractivity contribution in [1.82, 2.24) is 9.55 Å². The molecule has 0 saturated carbocycles. The van der Waals surface area contributed by atoms with Gasteiger partial charge in [-0.15, -0.1) is 0 Å². The van der Waals surface area contributed by atoms with Gasteiger partial charge in [0.1, 0.15) is 6.20 Å². The first kappa shape index (κ1) is 9.90. The lowest BCUT2D eigenvalue weighted by Gasteiger charge is -1.92. The van der Waals surface area contributed by atoms with Gasteiger partial charge in [0.05, 0.1) is 0 Å². The van der Waals surface area contributed by atoms with Crippen LogP contribution in [0.1, 0.15) is 10.6 Å². The Balaban J connectivity index is 2.35. The van der Waals surface area contributed by atoms with Gasteiger partial charge in [-0.2, -0.15) is 0 Å². The molecule has 2 aromatic rings. The van der Waals surface area contributed by atoms with E-state index >= 15 is 0 Å². The van der Waals surface area contributed by atoms with Crippen molar-refractivity contribution in [3.63, 3.8) is 0 Å². The monoisotopic (exact) mass is 223 g/mol. The molecule has 0 aromatic carbocycles. The van der Waals surface area contributed by atoms with Gasteiger partial charge in [0.15, 0.2) is 0 Å². The van der Waals surface area contributed by atoms with Gasteiger partial charge in [0.25, 0.3) is 0 Å². The first-order chi connectivity index (χ1) is 7.58. The number of carboxylic acid groups (broad SMARTS) is 1. The van der Waals surface area contributed by atoms with E-state index in [4.69, 9.17) is 9.52 Å². The zero-order valence-electron chi connectivity index (χ0n) is 7.73. The van der Waals surface area contributed by atoms with Crippen molar-refractivity contribution in [2.45, 2.75) is 0 Å². The van der Waals surface area contributed by atoms with Crippen molar-refractivity contribution < 1.29 is 19.2 Å². The quantitative estimate of drug-likeness (QED) is 0.615. The van der Waals surface area contributed by atoms with Crippen LogP contribution in [0.5, 0.6) is 0 Å². The smallest absolute Gasteiger partial charge is 0.382 e. The van der Waals surface area contributed by atoms with Crippen molar-refractivity contribution in [2.24, 2.45) is 0 Å². The average molecular weight is 223 g/mol. The Bertz CT molecular complexity index is 505. The fourth-order valence-electron chi connectivity index (χ4n) is 1.11. The molecule has 2 aromatic heterocycles. The summed E-state index contributed by atoms with van der Waals surface area (Å²) in [6, 6.07) is 2.64. The largest absolute Gasteiger partial charge is 0.475 e. The Morgan fingerprint density at radius 3 is 2.81 bits per heavy atom. The van der Waals surface area contributed by atoms with Crippen LogP contribution in [0.4, 0.5) is 5.82 Å². The summed E-state index contributed by atoms with van der Waals surface area (Å²) in [6.45, 7) is 0. The molecule has 8 heteroatoms. The Hall–Kier alpha value is -2.64. The Morgan fingerprint density at radius 1 is 1.56 bits per heavy atom.